The smallest absolute Gasteiger partial charge is 0.259 e. The summed E-state index contributed by atoms with van der Waals surface area (Å²) < 4.78 is 13.2. The molecule has 1 aliphatic rings. The lowest BCUT2D eigenvalue weighted by Gasteiger charge is -2.40. The van der Waals surface area contributed by atoms with E-state index in [1.54, 1.807) is 7.05 Å². The van der Waals surface area contributed by atoms with Crippen molar-refractivity contribution in [1.29, 1.82) is 0 Å². The fraction of sp³-hybridized carbons (Fsp3) is 0.889. The fourth-order valence-corrected chi connectivity index (χ4v) is 1.46. The third kappa shape index (κ3) is 2.18. The molecule has 1 amide bonds. The molecule has 1 rings (SSSR count). The summed E-state index contributed by atoms with van der Waals surface area (Å²) >= 11 is 0. The van der Waals surface area contributed by atoms with Crippen LogP contribution in [0.15, 0.2) is 0 Å². The van der Waals surface area contributed by atoms with E-state index in [-0.39, 0.29) is 12.1 Å². The molecule has 0 spiro atoms. The van der Waals surface area contributed by atoms with Gasteiger partial charge in [-0.25, -0.2) is 4.39 Å². The molecule has 13 heavy (non-hydrogen) atoms. The third-order valence-electron chi connectivity index (χ3n) is 2.46. The first-order chi connectivity index (χ1) is 5.82. The number of rotatable bonds is 2. The number of aliphatic hydroxyl groups excluding tert-OH is 1. The monoisotopic (exact) mass is 189 g/mol. The molecule has 0 aromatic carbocycles. The SMILES string of the molecule is CN(C(=O)C(C)(C)F)C1CC(O)C1. The van der Waals surface area contributed by atoms with Gasteiger partial charge in [-0.2, -0.15) is 0 Å². The van der Waals surface area contributed by atoms with Crippen LogP contribution in [0.2, 0.25) is 0 Å². The largest absolute Gasteiger partial charge is 0.393 e. The molecule has 1 N–H and O–H groups in total. The highest BCUT2D eigenvalue weighted by Crippen LogP contribution is 2.26. The van der Waals surface area contributed by atoms with Gasteiger partial charge in [-0.15, -0.1) is 0 Å². The van der Waals surface area contributed by atoms with Gasteiger partial charge in [-0.1, -0.05) is 0 Å². The number of hydrogen-bond acceptors (Lipinski definition) is 2. The second kappa shape index (κ2) is 3.25. The molecular weight excluding hydrogens is 173 g/mol. The molecule has 0 heterocycles. The zero-order valence-corrected chi connectivity index (χ0v) is 8.25. The lowest BCUT2D eigenvalue weighted by Crippen LogP contribution is -2.52. The van der Waals surface area contributed by atoms with Gasteiger partial charge in [0.15, 0.2) is 5.67 Å². The highest BCUT2D eigenvalue weighted by molar-refractivity contribution is 5.84. The summed E-state index contributed by atoms with van der Waals surface area (Å²) in [4.78, 5) is 12.8. The zero-order chi connectivity index (χ0) is 10.2. The fourth-order valence-electron chi connectivity index (χ4n) is 1.46. The summed E-state index contributed by atoms with van der Waals surface area (Å²) in [6.45, 7) is 2.50. The lowest BCUT2D eigenvalue weighted by molar-refractivity contribution is -0.146. The Morgan fingerprint density at radius 2 is 2.00 bits per heavy atom. The van der Waals surface area contributed by atoms with Crippen LogP contribution in [0.5, 0.6) is 0 Å². The molecule has 0 bridgehead atoms. The molecule has 4 heteroatoms. The Bertz CT molecular complexity index is 206. The Labute approximate surface area is 77.5 Å². The van der Waals surface area contributed by atoms with Gasteiger partial charge in [0.05, 0.1) is 6.10 Å². The van der Waals surface area contributed by atoms with Crippen LogP contribution >= 0.6 is 0 Å². The van der Waals surface area contributed by atoms with Crippen molar-refractivity contribution in [3.05, 3.63) is 0 Å². The Morgan fingerprint density at radius 3 is 2.31 bits per heavy atom. The molecule has 1 fully saturated rings. The molecule has 0 aromatic rings. The Balaban J connectivity index is 2.49. The Kier molecular flexibility index (Phi) is 2.61. The molecule has 76 valence electrons. The van der Waals surface area contributed by atoms with E-state index in [9.17, 15) is 9.18 Å². The average molecular weight is 189 g/mol. The maximum Gasteiger partial charge on any atom is 0.259 e. The lowest BCUT2D eigenvalue weighted by atomic mass is 9.87. The van der Waals surface area contributed by atoms with Gasteiger partial charge in [0.25, 0.3) is 5.91 Å². The van der Waals surface area contributed by atoms with Crippen LogP contribution in [0, 0.1) is 0 Å². The van der Waals surface area contributed by atoms with Crippen LogP contribution in [0.3, 0.4) is 0 Å². The number of amides is 1. The van der Waals surface area contributed by atoms with Crippen molar-refractivity contribution in [1.82, 2.24) is 4.90 Å². The van der Waals surface area contributed by atoms with Gasteiger partial charge in [-0.05, 0) is 26.7 Å². The Hall–Kier alpha value is -0.640. The molecule has 3 nitrogen and oxygen atoms in total. The molecule has 0 saturated heterocycles. The van der Waals surface area contributed by atoms with Gasteiger partial charge in [0.1, 0.15) is 0 Å². The first-order valence-electron chi connectivity index (χ1n) is 4.46. The van der Waals surface area contributed by atoms with E-state index in [2.05, 4.69) is 0 Å². The van der Waals surface area contributed by atoms with E-state index in [1.807, 2.05) is 0 Å². The van der Waals surface area contributed by atoms with E-state index < -0.39 is 11.6 Å². The van der Waals surface area contributed by atoms with Crippen molar-refractivity contribution < 1.29 is 14.3 Å². The van der Waals surface area contributed by atoms with Gasteiger partial charge >= 0.3 is 0 Å². The van der Waals surface area contributed by atoms with Crippen LogP contribution in [-0.4, -0.2) is 40.8 Å². The number of hydrogen-bond donors (Lipinski definition) is 1. The number of nitrogens with zero attached hydrogens (tertiary/aromatic N) is 1. The molecule has 1 saturated carbocycles. The minimum atomic E-state index is -1.81. The topological polar surface area (TPSA) is 40.5 Å². The van der Waals surface area contributed by atoms with Crippen molar-refractivity contribution in [3.8, 4) is 0 Å². The molecule has 0 aliphatic heterocycles. The number of carbonyl (C=O) groups is 1. The van der Waals surface area contributed by atoms with Crippen molar-refractivity contribution in [2.24, 2.45) is 0 Å². The van der Waals surface area contributed by atoms with Crippen LogP contribution < -0.4 is 0 Å². The van der Waals surface area contributed by atoms with E-state index in [1.165, 1.54) is 18.7 Å². The molecular formula is C9H16FNO2. The number of halogens is 1. The second-order valence-corrected chi connectivity index (χ2v) is 4.17. The quantitative estimate of drug-likeness (QED) is 0.695. The van der Waals surface area contributed by atoms with Crippen LogP contribution in [-0.2, 0) is 4.79 Å². The van der Waals surface area contributed by atoms with E-state index >= 15 is 0 Å². The zero-order valence-electron chi connectivity index (χ0n) is 8.25. The molecule has 1 aliphatic carbocycles. The minimum Gasteiger partial charge on any atom is -0.393 e. The van der Waals surface area contributed by atoms with Crippen molar-refractivity contribution >= 4 is 5.91 Å². The predicted octanol–water partition coefficient (Wildman–Crippen LogP) is 0.716. The summed E-state index contributed by atoms with van der Waals surface area (Å²) in [6, 6.07) is 0.0116. The van der Waals surface area contributed by atoms with Gasteiger partial charge < -0.3 is 10.0 Å². The van der Waals surface area contributed by atoms with Crippen LogP contribution in [0.1, 0.15) is 26.7 Å². The summed E-state index contributed by atoms with van der Waals surface area (Å²) in [5, 5.41) is 9.02. The van der Waals surface area contributed by atoms with Gasteiger partial charge in [0.2, 0.25) is 0 Å². The number of carbonyl (C=O) groups excluding carboxylic acids is 1. The first kappa shape index (κ1) is 10.4. The summed E-state index contributed by atoms with van der Waals surface area (Å²) in [5.41, 5.74) is -1.81. The summed E-state index contributed by atoms with van der Waals surface area (Å²) in [6.07, 6.45) is 0.819. The molecule has 0 aromatic heterocycles. The standard InChI is InChI=1S/C9H16FNO2/c1-9(2,10)8(13)11(3)6-4-7(12)5-6/h6-7,12H,4-5H2,1-3H3. The van der Waals surface area contributed by atoms with Crippen molar-refractivity contribution in [2.45, 2.75) is 44.5 Å². The van der Waals surface area contributed by atoms with Crippen LogP contribution in [0.4, 0.5) is 4.39 Å². The van der Waals surface area contributed by atoms with Crippen molar-refractivity contribution in [2.75, 3.05) is 7.05 Å². The van der Waals surface area contributed by atoms with E-state index in [0.717, 1.165) is 0 Å². The first-order valence-corrected chi connectivity index (χ1v) is 4.46. The van der Waals surface area contributed by atoms with Crippen molar-refractivity contribution in [3.63, 3.8) is 0 Å². The maximum absolute atomic E-state index is 13.2. The average Bonchev–Trinajstić information content (AvgIpc) is 1.94. The Morgan fingerprint density at radius 1 is 1.54 bits per heavy atom. The molecule has 0 atom stereocenters. The number of aliphatic hydroxyl groups is 1. The third-order valence-corrected chi connectivity index (χ3v) is 2.46. The highest BCUT2D eigenvalue weighted by atomic mass is 19.1. The van der Waals surface area contributed by atoms with E-state index in [4.69, 9.17) is 5.11 Å². The van der Waals surface area contributed by atoms with Gasteiger partial charge in [0, 0.05) is 13.1 Å². The van der Waals surface area contributed by atoms with E-state index in [0.29, 0.717) is 12.8 Å². The molecule has 0 radical (unpaired) electrons. The highest BCUT2D eigenvalue weighted by Gasteiger charge is 2.38. The predicted molar refractivity (Wildman–Crippen MR) is 47.0 cm³/mol. The van der Waals surface area contributed by atoms with Crippen LogP contribution in [0.25, 0.3) is 0 Å². The molecule has 0 unspecified atom stereocenters. The van der Waals surface area contributed by atoms with Gasteiger partial charge in [-0.3, -0.25) is 4.79 Å². The summed E-state index contributed by atoms with van der Waals surface area (Å²) in [7, 11) is 1.58. The summed E-state index contributed by atoms with van der Waals surface area (Å²) in [5.74, 6) is -0.510. The maximum atomic E-state index is 13.2. The number of alkyl halides is 1. The normalized spacial score (nSPS) is 28.1. The minimum absolute atomic E-state index is 0.0116. The second-order valence-electron chi connectivity index (χ2n) is 4.17.